The Hall–Kier alpha value is -1.27. The van der Waals surface area contributed by atoms with Crippen LogP contribution in [-0.2, 0) is 10.0 Å². The largest absolute Gasteiger partial charge is 0.396 e. The summed E-state index contributed by atoms with van der Waals surface area (Å²) in [7, 11) is -3.23. The Labute approximate surface area is 108 Å². The Morgan fingerprint density at radius 2 is 1.67 bits per heavy atom. The maximum absolute atomic E-state index is 11.0. The van der Waals surface area contributed by atoms with E-state index in [1.165, 1.54) is 0 Å². The SMILES string of the molecule is CC(C)(CO)CNc1ccc(NS(C)(=O)=O)cc1. The van der Waals surface area contributed by atoms with E-state index in [9.17, 15) is 8.42 Å². The van der Waals surface area contributed by atoms with Gasteiger partial charge in [0.05, 0.1) is 6.26 Å². The van der Waals surface area contributed by atoms with E-state index < -0.39 is 10.0 Å². The molecule has 6 heteroatoms. The number of nitrogens with one attached hydrogen (secondary N) is 2. The molecule has 1 rings (SSSR count). The van der Waals surface area contributed by atoms with Crippen molar-refractivity contribution < 1.29 is 13.5 Å². The van der Waals surface area contributed by atoms with Crippen LogP contribution in [0.4, 0.5) is 11.4 Å². The van der Waals surface area contributed by atoms with Crippen molar-refractivity contribution >= 4 is 21.4 Å². The maximum atomic E-state index is 11.0. The molecule has 18 heavy (non-hydrogen) atoms. The number of aliphatic hydroxyl groups is 1. The van der Waals surface area contributed by atoms with E-state index in [0.29, 0.717) is 12.2 Å². The summed E-state index contributed by atoms with van der Waals surface area (Å²) in [5, 5.41) is 12.3. The highest BCUT2D eigenvalue weighted by molar-refractivity contribution is 7.92. The molecule has 0 radical (unpaired) electrons. The lowest BCUT2D eigenvalue weighted by atomic mass is 9.95. The molecule has 0 saturated heterocycles. The van der Waals surface area contributed by atoms with Crippen molar-refractivity contribution in [1.82, 2.24) is 0 Å². The molecule has 0 atom stereocenters. The third-order valence-electron chi connectivity index (χ3n) is 2.39. The molecule has 0 aliphatic rings. The summed E-state index contributed by atoms with van der Waals surface area (Å²) < 4.78 is 24.5. The molecular weight excluding hydrogens is 252 g/mol. The van der Waals surface area contributed by atoms with Gasteiger partial charge in [0.1, 0.15) is 0 Å². The second-order valence-corrected chi connectivity index (χ2v) is 6.88. The highest BCUT2D eigenvalue weighted by atomic mass is 32.2. The molecule has 0 fully saturated rings. The van der Waals surface area contributed by atoms with Crippen molar-refractivity contribution in [2.45, 2.75) is 13.8 Å². The summed E-state index contributed by atoms with van der Waals surface area (Å²) in [6.45, 7) is 4.66. The van der Waals surface area contributed by atoms with Crippen LogP contribution in [0, 0.1) is 5.41 Å². The van der Waals surface area contributed by atoms with Crippen LogP contribution < -0.4 is 10.0 Å². The summed E-state index contributed by atoms with van der Waals surface area (Å²) >= 11 is 0. The average molecular weight is 272 g/mol. The monoisotopic (exact) mass is 272 g/mol. The number of benzene rings is 1. The van der Waals surface area contributed by atoms with Crippen molar-refractivity contribution in [3.05, 3.63) is 24.3 Å². The molecule has 0 spiro atoms. The molecule has 0 saturated carbocycles. The summed E-state index contributed by atoms with van der Waals surface area (Å²) in [6.07, 6.45) is 1.11. The van der Waals surface area contributed by atoms with Gasteiger partial charge in [-0.15, -0.1) is 0 Å². The first kappa shape index (κ1) is 14.8. The van der Waals surface area contributed by atoms with E-state index in [-0.39, 0.29) is 12.0 Å². The van der Waals surface area contributed by atoms with Gasteiger partial charge in [-0.1, -0.05) is 13.8 Å². The Kier molecular flexibility index (Phi) is 4.59. The lowest BCUT2D eigenvalue weighted by molar-refractivity contribution is 0.171. The van der Waals surface area contributed by atoms with Gasteiger partial charge < -0.3 is 10.4 Å². The van der Waals surface area contributed by atoms with Crippen molar-refractivity contribution in [3.8, 4) is 0 Å². The van der Waals surface area contributed by atoms with E-state index in [1.54, 1.807) is 24.3 Å². The van der Waals surface area contributed by atoms with Gasteiger partial charge in [-0.3, -0.25) is 4.72 Å². The fourth-order valence-electron chi connectivity index (χ4n) is 1.27. The predicted octanol–water partition coefficient (Wildman–Crippen LogP) is 1.49. The minimum Gasteiger partial charge on any atom is -0.396 e. The molecule has 102 valence electrons. The lowest BCUT2D eigenvalue weighted by Gasteiger charge is -2.22. The number of anilines is 2. The van der Waals surface area contributed by atoms with E-state index in [2.05, 4.69) is 10.0 Å². The molecule has 0 bridgehead atoms. The first-order valence-corrected chi connectivity index (χ1v) is 7.54. The molecule has 0 amide bonds. The first-order chi connectivity index (χ1) is 8.22. The molecule has 0 aliphatic carbocycles. The van der Waals surface area contributed by atoms with Gasteiger partial charge in [-0.2, -0.15) is 0 Å². The smallest absolute Gasteiger partial charge is 0.229 e. The Morgan fingerprint density at radius 3 is 2.11 bits per heavy atom. The molecule has 0 heterocycles. The summed E-state index contributed by atoms with van der Waals surface area (Å²) in [5.41, 5.74) is 1.23. The van der Waals surface area contributed by atoms with Crippen molar-refractivity contribution in [2.24, 2.45) is 5.41 Å². The van der Waals surface area contributed by atoms with Crippen LogP contribution >= 0.6 is 0 Å². The maximum Gasteiger partial charge on any atom is 0.229 e. The minimum atomic E-state index is -3.23. The van der Waals surface area contributed by atoms with Crippen LogP contribution in [-0.4, -0.2) is 32.9 Å². The van der Waals surface area contributed by atoms with Crippen LogP contribution in [0.25, 0.3) is 0 Å². The number of rotatable bonds is 6. The summed E-state index contributed by atoms with van der Waals surface area (Å²) in [5.74, 6) is 0. The van der Waals surface area contributed by atoms with Gasteiger partial charge in [0.2, 0.25) is 10.0 Å². The Bertz CT molecular complexity index is 481. The number of aliphatic hydroxyl groups excluding tert-OH is 1. The first-order valence-electron chi connectivity index (χ1n) is 5.64. The van der Waals surface area contributed by atoms with E-state index in [4.69, 9.17) is 5.11 Å². The van der Waals surface area contributed by atoms with Crippen LogP contribution in [0.1, 0.15) is 13.8 Å². The number of sulfonamides is 1. The Morgan fingerprint density at radius 1 is 1.17 bits per heavy atom. The summed E-state index contributed by atoms with van der Waals surface area (Å²) in [4.78, 5) is 0. The molecule has 1 aromatic carbocycles. The van der Waals surface area contributed by atoms with Gasteiger partial charge in [-0.05, 0) is 24.3 Å². The second kappa shape index (κ2) is 5.58. The zero-order chi connectivity index (χ0) is 13.8. The van der Waals surface area contributed by atoms with Gasteiger partial charge in [-0.25, -0.2) is 8.42 Å². The van der Waals surface area contributed by atoms with Gasteiger partial charge >= 0.3 is 0 Å². The quantitative estimate of drug-likeness (QED) is 0.733. The second-order valence-electron chi connectivity index (χ2n) is 5.13. The molecule has 0 aromatic heterocycles. The number of hydrogen-bond acceptors (Lipinski definition) is 4. The van der Waals surface area contributed by atoms with Crippen molar-refractivity contribution in [1.29, 1.82) is 0 Å². The predicted molar refractivity (Wildman–Crippen MR) is 74.3 cm³/mol. The van der Waals surface area contributed by atoms with Crippen LogP contribution in [0.3, 0.4) is 0 Å². The fraction of sp³-hybridized carbons (Fsp3) is 0.500. The molecule has 0 aliphatic heterocycles. The lowest BCUT2D eigenvalue weighted by Crippen LogP contribution is -2.26. The van der Waals surface area contributed by atoms with Crippen LogP contribution in [0.15, 0.2) is 24.3 Å². The van der Waals surface area contributed by atoms with Gasteiger partial charge in [0.15, 0.2) is 0 Å². The van der Waals surface area contributed by atoms with Crippen LogP contribution in [0.2, 0.25) is 0 Å². The molecular formula is C12H20N2O3S. The summed E-state index contributed by atoms with van der Waals surface area (Å²) in [6, 6.07) is 6.96. The average Bonchev–Trinajstić information content (AvgIpc) is 2.26. The van der Waals surface area contributed by atoms with E-state index >= 15 is 0 Å². The standard InChI is InChI=1S/C12H20N2O3S/c1-12(2,9-15)8-13-10-4-6-11(7-5-10)14-18(3,16)17/h4-7,13-15H,8-9H2,1-3H3. The molecule has 3 N–H and O–H groups in total. The third kappa shape index (κ3) is 5.37. The highest BCUT2D eigenvalue weighted by Crippen LogP contribution is 2.18. The fourth-order valence-corrected chi connectivity index (χ4v) is 1.83. The Balaban J connectivity index is 2.61. The van der Waals surface area contributed by atoms with Crippen LogP contribution in [0.5, 0.6) is 0 Å². The molecule has 1 aromatic rings. The third-order valence-corrected chi connectivity index (χ3v) is 2.99. The molecule has 0 unspecified atom stereocenters. The van der Waals surface area contributed by atoms with Crippen molar-refractivity contribution in [2.75, 3.05) is 29.4 Å². The van der Waals surface area contributed by atoms with Gasteiger partial charge in [0.25, 0.3) is 0 Å². The van der Waals surface area contributed by atoms with E-state index in [0.717, 1.165) is 11.9 Å². The topological polar surface area (TPSA) is 78.4 Å². The normalized spacial score (nSPS) is 12.2. The zero-order valence-electron chi connectivity index (χ0n) is 10.9. The zero-order valence-corrected chi connectivity index (χ0v) is 11.7. The minimum absolute atomic E-state index is 0.105. The van der Waals surface area contributed by atoms with Gasteiger partial charge in [0, 0.05) is 29.9 Å². The van der Waals surface area contributed by atoms with E-state index in [1.807, 2.05) is 13.8 Å². The number of hydrogen-bond donors (Lipinski definition) is 3. The molecule has 5 nitrogen and oxygen atoms in total. The van der Waals surface area contributed by atoms with Crippen molar-refractivity contribution in [3.63, 3.8) is 0 Å². The highest BCUT2D eigenvalue weighted by Gasteiger charge is 2.15.